The highest BCUT2D eigenvalue weighted by Gasteiger charge is 2.49. The van der Waals surface area contributed by atoms with Gasteiger partial charge in [-0.25, -0.2) is 0 Å². The van der Waals surface area contributed by atoms with Gasteiger partial charge < -0.3 is 0 Å². The van der Waals surface area contributed by atoms with Crippen LogP contribution in [0.5, 0.6) is 0 Å². The average Bonchev–Trinajstić information content (AvgIpc) is 3.43. The van der Waals surface area contributed by atoms with E-state index < -0.39 is 0 Å². The Balaban J connectivity index is 1.78. The molecule has 0 spiro atoms. The molecule has 2 heterocycles. The zero-order valence-corrected chi connectivity index (χ0v) is 21.4. The van der Waals surface area contributed by atoms with E-state index in [0.717, 1.165) is 0 Å². The molecule has 0 radical (unpaired) electrons. The minimum atomic E-state index is -0.383. The number of nitrogens with zero attached hydrogens (tertiary/aromatic N) is 2. The SMILES string of the molecule is Cc1ccccc1-n1c(C)c2[n+](c1-c1c(C)cccc1C)C=CC2(c1ccccc1)c1ccccc1. The third-order valence-electron chi connectivity index (χ3n) is 7.73. The summed E-state index contributed by atoms with van der Waals surface area (Å²) in [6.07, 6.45) is 4.68. The summed E-state index contributed by atoms with van der Waals surface area (Å²) in [5.74, 6) is 1.21. The number of hydrogen-bond acceptors (Lipinski definition) is 0. The Morgan fingerprint density at radius 1 is 0.583 bits per heavy atom. The monoisotopic (exact) mass is 467 g/mol. The van der Waals surface area contributed by atoms with Crippen molar-refractivity contribution in [3.8, 4) is 17.1 Å². The van der Waals surface area contributed by atoms with E-state index in [1.165, 1.54) is 56.3 Å². The maximum atomic E-state index is 2.48. The molecule has 0 atom stereocenters. The summed E-state index contributed by atoms with van der Waals surface area (Å²) in [6, 6.07) is 37.1. The summed E-state index contributed by atoms with van der Waals surface area (Å²) in [6.45, 7) is 8.93. The van der Waals surface area contributed by atoms with E-state index in [9.17, 15) is 0 Å². The van der Waals surface area contributed by atoms with Gasteiger partial charge in [0.15, 0.2) is 11.4 Å². The Kier molecular flexibility index (Phi) is 5.26. The third-order valence-corrected chi connectivity index (χ3v) is 7.73. The van der Waals surface area contributed by atoms with Crippen LogP contribution < -0.4 is 4.57 Å². The van der Waals surface area contributed by atoms with Crippen LogP contribution >= 0.6 is 0 Å². The number of fused-ring (bicyclic) bond motifs is 1. The summed E-state index contributed by atoms with van der Waals surface area (Å²) in [7, 11) is 0. The van der Waals surface area contributed by atoms with Gasteiger partial charge in [-0.05, 0) is 60.7 Å². The molecule has 0 saturated carbocycles. The minimum absolute atomic E-state index is 0.383. The van der Waals surface area contributed by atoms with E-state index in [1.807, 2.05) is 0 Å². The van der Waals surface area contributed by atoms with Crippen molar-refractivity contribution in [3.63, 3.8) is 0 Å². The van der Waals surface area contributed by atoms with Crippen molar-refractivity contribution in [2.75, 3.05) is 0 Å². The lowest BCUT2D eigenvalue weighted by Gasteiger charge is -2.27. The van der Waals surface area contributed by atoms with Gasteiger partial charge in [-0.1, -0.05) is 97.1 Å². The molecule has 36 heavy (non-hydrogen) atoms. The van der Waals surface area contributed by atoms with Gasteiger partial charge in [-0.3, -0.25) is 0 Å². The highest BCUT2D eigenvalue weighted by atomic mass is 15.2. The molecule has 0 amide bonds. The molecule has 4 aromatic carbocycles. The molecular weight excluding hydrogens is 436 g/mol. The van der Waals surface area contributed by atoms with Crippen molar-refractivity contribution in [2.24, 2.45) is 0 Å². The maximum Gasteiger partial charge on any atom is 0.299 e. The molecule has 6 rings (SSSR count). The first-order valence-electron chi connectivity index (χ1n) is 12.6. The minimum Gasteiger partial charge on any atom is -0.197 e. The number of benzene rings is 4. The molecule has 0 aliphatic carbocycles. The van der Waals surface area contributed by atoms with Crippen molar-refractivity contribution in [2.45, 2.75) is 33.1 Å². The number of rotatable bonds is 4. The first kappa shape index (κ1) is 22.3. The molecule has 1 aromatic heterocycles. The summed E-state index contributed by atoms with van der Waals surface area (Å²) < 4.78 is 4.92. The number of aryl methyl sites for hydroxylation is 3. The predicted molar refractivity (Wildman–Crippen MR) is 148 cm³/mol. The molecule has 0 fully saturated rings. The van der Waals surface area contributed by atoms with Gasteiger partial charge in [0.2, 0.25) is 0 Å². The molecule has 176 valence electrons. The van der Waals surface area contributed by atoms with Crippen LogP contribution in [-0.4, -0.2) is 4.57 Å². The fraction of sp³-hybridized carbons (Fsp3) is 0.147. The smallest absolute Gasteiger partial charge is 0.197 e. The van der Waals surface area contributed by atoms with Crippen LogP contribution in [0.2, 0.25) is 0 Å². The van der Waals surface area contributed by atoms with E-state index in [0.29, 0.717) is 0 Å². The predicted octanol–water partition coefficient (Wildman–Crippen LogP) is 7.48. The van der Waals surface area contributed by atoms with Gasteiger partial charge in [0, 0.05) is 6.92 Å². The molecular formula is C34H31N2+. The Morgan fingerprint density at radius 3 is 1.69 bits per heavy atom. The lowest BCUT2D eigenvalue weighted by molar-refractivity contribution is -0.560. The largest absolute Gasteiger partial charge is 0.299 e. The number of para-hydroxylation sites is 1. The quantitative estimate of drug-likeness (QED) is 0.242. The molecule has 2 nitrogen and oxygen atoms in total. The molecule has 0 bridgehead atoms. The highest BCUT2D eigenvalue weighted by Crippen LogP contribution is 2.46. The van der Waals surface area contributed by atoms with Gasteiger partial charge in [0.05, 0.1) is 11.8 Å². The van der Waals surface area contributed by atoms with Crippen molar-refractivity contribution in [1.29, 1.82) is 0 Å². The average molecular weight is 468 g/mol. The first-order chi connectivity index (χ1) is 17.5. The van der Waals surface area contributed by atoms with E-state index in [4.69, 9.17) is 0 Å². The van der Waals surface area contributed by atoms with Crippen LogP contribution in [0.4, 0.5) is 0 Å². The second-order valence-electron chi connectivity index (χ2n) is 9.87. The van der Waals surface area contributed by atoms with Crippen LogP contribution in [0.1, 0.15) is 39.2 Å². The Hall–Kier alpha value is -4.17. The second-order valence-corrected chi connectivity index (χ2v) is 9.87. The summed E-state index contributed by atoms with van der Waals surface area (Å²) in [5.41, 5.74) is 11.0. The van der Waals surface area contributed by atoms with Crippen LogP contribution in [0, 0.1) is 27.7 Å². The van der Waals surface area contributed by atoms with Crippen molar-refractivity contribution < 1.29 is 4.57 Å². The highest BCUT2D eigenvalue weighted by molar-refractivity contribution is 5.69. The van der Waals surface area contributed by atoms with Crippen LogP contribution in [-0.2, 0) is 5.41 Å². The number of aromatic nitrogens is 2. The van der Waals surface area contributed by atoms with Gasteiger partial charge in [-0.15, -0.1) is 0 Å². The molecule has 2 heteroatoms. The number of allylic oxidation sites excluding steroid dienone is 1. The van der Waals surface area contributed by atoms with Crippen molar-refractivity contribution in [1.82, 2.24) is 4.57 Å². The fourth-order valence-corrected chi connectivity index (χ4v) is 6.08. The van der Waals surface area contributed by atoms with E-state index in [-0.39, 0.29) is 5.41 Å². The Bertz CT molecular complexity index is 1540. The number of hydrogen-bond donors (Lipinski definition) is 0. The molecule has 0 unspecified atom stereocenters. The van der Waals surface area contributed by atoms with Crippen LogP contribution in [0.25, 0.3) is 23.3 Å². The zero-order valence-electron chi connectivity index (χ0n) is 21.4. The molecule has 0 N–H and O–H groups in total. The maximum absolute atomic E-state index is 2.48. The van der Waals surface area contributed by atoms with Crippen LogP contribution in [0.3, 0.4) is 0 Å². The lowest BCUT2D eigenvalue weighted by Crippen LogP contribution is -2.36. The van der Waals surface area contributed by atoms with Crippen molar-refractivity contribution >= 4 is 6.20 Å². The van der Waals surface area contributed by atoms with Gasteiger partial charge in [0.25, 0.3) is 5.82 Å². The van der Waals surface area contributed by atoms with Crippen molar-refractivity contribution in [3.05, 3.63) is 148 Å². The topological polar surface area (TPSA) is 8.81 Å². The van der Waals surface area contributed by atoms with E-state index in [1.54, 1.807) is 0 Å². The standard InChI is InChI=1S/C34H31N2/c1-24-14-11-12-21-30(24)36-27(4)32-34(28-17-7-5-8-18-28,29-19-9-6-10-20-29)22-23-35(32)33(36)31-25(2)15-13-16-26(31)3/h5-23H,1-4H3/q+1. The molecule has 5 aromatic rings. The van der Waals surface area contributed by atoms with E-state index in [2.05, 4.69) is 152 Å². The third kappa shape index (κ3) is 3.14. The molecule has 1 aliphatic heterocycles. The van der Waals surface area contributed by atoms with Gasteiger partial charge >= 0.3 is 0 Å². The Labute approximate surface area is 213 Å². The van der Waals surface area contributed by atoms with E-state index >= 15 is 0 Å². The van der Waals surface area contributed by atoms with Gasteiger partial charge in [0.1, 0.15) is 11.1 Å². The second kappa shape index (κ2) is 8.49. The zero-order chi connectivity index (χ0) is 24.9. The summed E-state index contributed by atoms with van der Waals surface area (Å²) in [5, 5.41) is 0. The summed E-state index contributed by atoms with van der Waals surface area (Å²) in [4.78, 5) is 0. The van der Waals surface area contributed by atoms with Gasteiger partial charge in [-0.2, -0.15) is 9.13 Å². The molecule has 0 saturated heterocycles. The van der Waals surface area contributed by atoms with Crippen LogP contribution in [0.15, 0.2) is 109 Å². The Morgan fingerprint density at radius 2 is 1.11 bits per heavy atom. The fourth-order valence-electron chi connectivity index (χ4n) is 6.08. The lowest BCUT2D eigenvalue weighted by atomic mass is 9.72. The first-order valence-corrected chi connectivity index (χ1v) is 12.6. The molecule has 1 aliphatic rings. The summed E-state index contributed by atoms with van der Waals surface area (Å²) >= 11 is 0. The normalized spacial score (nSPS) is 13.7. The number of imidazole rings is 1.